The molecule has 0 atom stereocenters. The van der Waals surface area contributed by atoms with Gasteiger partial charge in [0.1, 0.15) is 0 Å². The molecule has 1 aromatic heterocycles. The summed E-state index contributed by atoms with van der Waals surface area (Å²) in [6, 6.07) is 23.4. The number of halogens is 3. The van der Waals surface area contributed by atoms with Crippen molar-refractivity contribution in [3.63, 3.8) is 0 Å². The zero-order valence-electron chi connectivity index (χ0n) is 30.5. The van der Waals surface area contributed by atoms with Gasteiger partial charge >= 0.3 is 113 Å². The number of hydrogen-bond acceptors (Lipinski definition) is 5. The van der Waals surface area contributed by atoms with Crippen LogP contribution in [0.1, 0.15) is 91.4 Å². The summed E-state index contributed by atoms with van der Waals surface area (Å²) < 4.78 is 46.8. The van der Waals surface area contributed by atoms with E-state index < -0.39 is 17.7 Å². The maximum Gasteiger partial charge on any atom is 0.416 e. The summed E-state index contributed by atoms with van der Waals surface area (Å²) in [6.07, 6.45) is 8.23. The van der Waals surface area contributed by atoms with Gasteiger partial charge in [0.15, 0.2) is 0 Å². The molecule has 0 spiro atoms. The number of esters is 1. The standard InChI is InChI=1S/C43H48AsF3N4O2/c1-2-53-42(52)37-28-36-27-35(32-14-17-38(18-15-32)43(45,46)47)16-19-40(36)41(29-37)34-12-10-31(11-13-34)33-20-25-50(26-21-33)23-8-5-9-39-30-51(49-48-39)24-7-4-3-6-22-44/h10-19,27-30,33H,2-9,20-26H2,1H3. The van der Waals surface area contributed by atoms with E-state index in [0.717, 1.165) is 110 Å². The quantitative estimate of drug-likeness (QED) is 0.0567. The molecule has 0 unspecified atom stereocenters. The molecule has 0 amide bonds. The number of ether oxygens (including phenoxy) is 1. The smallest absolute Gasteiger partial charge is 0.166 e. The van der Waals surface area contributed by atoms with Crippen molar-refractivity contribution < 1.29 is 22.7 Å². The van der Waals surface area contributed by atoms with Crippen molar-refractivity contribution >= 4 is 33.6 Å². The minimum Gasteiger partial charge on any atom is -0.166 e. The van der Waals surface area contributed by atoms with Crippen LogP contribution >= 0.6 is 0 Å². The Bertz CT molecular complexity index is 1930. The molecule has 10 heteroatoms. The Morgan fingerprint density at radius 2 is 1.53 bits per heavy atom. The molecule has 4 aromatic carbocycles. The number of carbonyl (C=O) groups is 1. The van der Waals surface area contributed by atoms with Gasteiger partial charge in [-0.05, 0) is 114 Å². The number of unbranched alkanes of at least 4 members (excludes halogenated alkanes) is 4. The number of rotatable bonds is 16. The summed E-state index contributed by atoms with van der Waals surface area (Å²) in [4.78, 5) is 15.5. The number of benzene rings is 4. The molecule has 6 nitrogen and oxygen atoms in total. The third-order valence-corrected chi connectivity index (χ3v) is 11.0. The van der Waals surface area contributed by atoms with Gasteiger partial charge in [-0.2, -0.15) is 13.2 Å². The average molecular weight is 785 g/mol. The Morgan fingerprint density at radius 1 is 0.830 bits per heavy atom. The first kappa shape index (κ1) is 38.8. The number of nitrogens with zero attached hydrogens (tertiary/aromatic N) is 4. The minimum atomic E-state index is -4.39. The first-order valence-corrected chi connectivity index (χ1v) is 20.3. The van der Waals surface area contributed by atoms with E-state index in [1.54, 1.807) is 13.0 Å². The molecule has 278 valence electrons. The van der Waals surface area contributed by atoms with Crippen LogP contribution in [0.15, 0.2) is 85.1 Å². The number of likely N-dealkylation sites (tertiary alicyclic amines) is 1. The molecule has 1 aliphatic heterocycles. The number of aromatic nitrogens is 3. The van der Waals surface area contributed by atoms with Crippen LogP contribution in [0, 0.1) is 0 Å². The van der Waals surface area contributed by atoms with Crippen LogP contribution in [0.2, 0.25) is 5.21 Å². The Hall–Kier alpha value is -3.94. The molecular weight excluding hydrogens is 736 g/mol. The fraction of sp³-hybridized carbons (Fsp3) is 0.419. The van der Waals surface area contributed by atoms with Gasteiger partial charge in [-0.15, -0.1) is 0 Å². The minimum absolute atomic E-state index is 0.258. The Balaban J connectivity index is 1.05. The van der Waals surface area contributed by atoms with Crippen LogP contribution in [0.5, 0.6) is 0 Å². The average Bonchev–Trinajstić information content (AvgIpc) is 3.63. The largest absolute Gasteiger partial charge is 0.416 e. The molecule has 0 N–H and O–H groups in total. The predicted octanol–water partition coefficient (Wildman–Crippen LogP) is 10.3. The molecule has 0 saturated carbocycles. The van der Waals surface area contributed by atoms with E-state index in [-0.39, 0.29) is 6.61 Å². The van der Waals surface area contributed by atoms with E-state index in [4.69, 9.17) is 4.74 Å². The van der Waals surface area contributed by atoms with Crippen molar-refractivity contribution in [1.29, 1.82) is 0 Å². The molecule has 1 fully saturated rings. The molecule has 5 aromatic rings. The summed E-state index contributed by atoms with van der Waals surface area (Å²) in [5.74, 6) is 0.0974. The van der Waals surface area contributed by atoms with E-state index in [9.17, 15) is 18.0 Å². The Kier molecular flexibility index (Phi) is 13.5. The zero-order chi connectivity index (χ0) is 37.2. The van der Waals surface area contributed by atoms with Gasteiger partial charge in [-0.3, -0.25) is 0 Å². The maximum absolute atomic E-state index is 13.2. The summed E-state index contributed by atoms with van der Waals surface area (Å²) in [7, 11) is 0. The number of fused-ring (bicyclic) bond motifs is 1. The van der Waals surface area contributed by atoms with E-state index in [1.165, 1.54) is 42.2 Å². The number of alkyl halides is 3. The molecule has 0 aliphatic carbocycles. The normalized spacial score (nSPS) is 14.2. The number of aryl methyl sites for hydroxylation is 2. The van der Waals surface area contributed by atoms with E-state index in [1.807, 2.05) is 28.9 Å². The van der Waals surface area contributed by atoms with Gasteiger partial charge in [0, 0.05) is 0 Å². The summed E-state index contributed by atoms with van der Waals surface area (Å²) in [5.41, 5.74) is 5.53. The molecule has 1 saturated heterocycles. The maximum atomic E-state index is 13.2. The Labute approximate surface area is 319 Å². The van der Waals surface area contributed by atoms with Crippen LogP contribution in [-0.2, 0) is 23.9 Å². The SMILES string of the molecule is CCOC(=O)c1cc(-c2ccc(C3CCN(CCCCc4cn(CCCCCC[As])nn4)CC3)cc2)c2ccc(-c3ccc(C(F)(F)F)cc3)cc2c1. The topological polar surface area (TPSA) is 60.2 Å². The molecule has 53 heavy (non-hydrogen) atoms. The van der Waals surface area contributed by atoms with E-state index >= 15 is 0 Å². The van der Waals surface area contributed by atoms with Gasteiger partial charge in [-0.25, -0.2) is 4.79 Å². The first-order chi connectivity index (χ1) is 25.7. The molecule has 1 aliphatic rings. The van der Waals surface area contributed by atoms with Gasteiger partial charge in [0.2, 0.25) is 0 Å². The third kappa shape index (κ3) is 10.4. The van der Waals surface area contributed by atoms with Crippen LogP contribution in [-0.4, -0.2) is 69.0 Å². The van der Waals surface area contributed by atoms with Gasteiger partial charge in [-0.1, -0.05) is 48.5 Å². The van der Waals surface area contributed by atoms with Crippen LogP contribution in [0.4, 0.5) is 13.2 Å². The Morgan fingerprint density at radius 3 is 2.25 bits per heavy atom. The number of carbonyl (C=O) groups excluding carboxylic acids is 1. The second-order valence-corrected chi connectivity index (χ2v) is 15.0. The van der Waals surface area contributed by atoms with Crippen LogP contribution in [0.3, 0.4) is 0 Å². The molecule has 0 bridgehead atoms. The van der Waals surface area contributed by atoms with Crippen LogP contribution < -0.4 is 0 Å². The second-order valence-electron chi connectivity index (χ2n) is 14.1. The molecule has 6 rings (SSSR count). The third-order valence-electron chi connectivity index (χ3n) is 10.3. The van der Waals surface area contributed by atoms with Crippen molar-refractivity contribution in [2.24, 2.45) is 0 Å². The molecule has 2 heterocycles. The van der Waals surface area contributed by atoms with Crippen molar-refractivity contribution in [3.05, 3.63) is 107 Å². The second kappa shape index (κ2) is 18.4. The van der Waals surface area contributed by atoms with Crippen molar-refractivity contribution in [2.45, 2.75) is 88.6 Å². The van der Waals surface area contributed by atoms with Crippen molar-refractivity contribution in [3.8, 4) is 22.3 Å². The van der Waals surface area contributed by atoms with E-state index in [2.05, 4.69) is 62.5 Å². The number of piperidine rings is 1. The molecule has 2 radical (unpaired) electrons. The van der Waals surface area contributed by atoms with Crippen molar-refractivity contribution in [1.82, 2.24) is 19.9 Å². The van der Waals surface area contributed by atoms with E-state index in [0.29, 0.717) is 17.0 Å². The van der Waals surface area contributed by atoms with Gasteiger partial charge in [0.05, 0.1) is 17.7 Å². The summed E-state index contributed by atoms with van der Waals surface area (Å²) in [5, 5.41) is 11.7. The summed E-state index contributed by atoms with van der Waals surface area (Å²) in [6.45, 7) is 6.29. The number of hydrogen-bond donors (Lipinski definition) is 0. The summed E-state index contributed by atoms with van der Waals surface area (Å²) >= 11 is 2.66. The van der Waals surface area contributed by atoms with Gasteiger partial charge < -0.3 is 9.64 Å². The zero-order valence-corrected chi connectivity index (χ0v) is 32.3. The monoisotopic (exact) mass is 784 g/mol. The van der Waals surface area contributed by atoms with Crippen LogP contribution in [0.25, 0.3) is 33.0 Å². The first-order valence-electron chi connectivity index (χ1n) is 19.0. The predicted molar refractivity (Wildman–Crippen MR) is 206 cm³/mol. The fourth-order valence-electron chi connectivity index (χ4n) is 7.34. The molecular formula is C43H48AsF3N4O2. The van der Waals surface area contributed by atoms with Crippen molar-refractivity contribution in [2.75, 3.05) is 26.2 Å². The van der Waals surface area contributed by atoms with Gasteiger partial charge in [0.25, 0.3) is 0 Å². The fourth-order valence-corrected chi connectivity index (χ4v) is 7.81.